The van der Waals surface area contributed by atoms with Gasteiger partial charge in [0.05, 0.1) is 6.61 Å². The molecule has 0 saturated heterocycles. The molecule has 0 spiro atoms. The third kappa shape index (κ3) is 5.31. The summed E-state index contributed by atoms with van der Waals surface area (Å²) in [5.41, 5.74) is 8.27. The summed E-state index contributed by atoms with van der Waals surface area (Å²) >= 11 is 0. The average Bonchev–Trinajstić information content (AvgIpc) is 2.35. The number of rotatable bonds is 8. The number of ether oxygens (including phenoxy) is 1. The second-order valence-corrected chi connectivity index (χ2v) is 4.32. The van der Waals surface area contributed by atoms with Gasteiger partial charge < -0.3 is 10.5 Å². The fourth-order valence-corrected chi connectivity index (χ4v) is 1.75. The minimum atomic E-state index is 0.607. The summed E-state index contributed by atoms with van der Waals surface area (Å²) in [7, 11) is 2.11. The summed E-state index contributed by atoms with van der Waals surface area (Å²) in [6, 6.07) is 8.34. The summed E-state index contributed by atoms with van der Waals surface area (Å²) < 4.78 is 5.48. The lowest BCUT2D eigenvalue weighted by molar-refractivity contribution is 0.110. The van der Waals surface area contributed by atoms with Gasteiger partial charge in [-0.1, -0.05) is 31.2 Å². The number of hydrogen-bond donors (Lipinski definition) is 1. The molecule has 0 atom stereocenters. The Bertz CT molecular complexity index is 315. The predicted octanol–water partition coefficient (Wildman–Crippen LogP) is 2.00. The molecule has 0 bridgehead atoms. The number of nitrogens with two attached hydrogens (primary N) is 1. The Hall–Kier alpha value is -0.900. The van der Waals surface area contributed by atoms with E-state index in [0.717, 1.165) is 32.7 Å². The first-order valence-corrected chi connectivity index (χ1v) is 6.31. The van der Waals surface area contributed by atoms with Crippen molar-refractivity contribution in [2.24, 2.45) is 5.73 Å². The van der Waals surface area contributed by atoms with Gasteiger partial charge >= 0.3 is 0 Å². The average molecular weight is 236 g/mol. The molecule has 0 aliphatic rings. The van der Waals surface area contributed by atoms with E-state index in [9.17, 15) is 0 Å². The van der Waals surface area contributed by atoms with Gasteiger partial charge in [-0.05, 0) is 24.6 Å². The van der Waals surface area contributed by atoms with E-state index in [-0.39, 0.29) is 0 Å². The maximum Gasteiger partial charge on any atom is 0.0593 e. The summed E-state index contributed by atoms with van der Waals surface area (Å²) in [6.07, 6.45) is 1.08. The predicted molar refractivity (Wildman–Crippen MR) is 71.8 cm³/mol. The lowest BCUT2D eigenvalue weighted by atomic mass is 10.1. The molecule has 0 aromatic heterocycles. The summed E-state index contributed by atoms with van der Waals surface area (Å²) in [5, 5.41) is 0. The molecule has 0 radical (unpaired) electrons. The highest BCUT2D eigenvalue weighted by Crippen LogP contribution is 2.10. The van der Waals surface area contributed by atoms with Crippen molar-refractivity contribution in [1.29, 1.82) is 0 Å². The zero-order chi connectivity index (χ0) is 12.5. The standard InChI is InChI=1S/C14H24N2O/c1-3-9-17-10-8-16(2)12-14-7-5-4-6-13(14)11-15/h4-7H,3,8-12,15H2,1-2H3. The molecule has 0 saturated carbocycles. The Morgan fingerprint density at radius 1 is 1.18 bits per heavy atom. The van der Waals surface area contributed by atoms with E-state index in [2.05, 4.69) is 37.1 Å². The van der Waals surface area contributed by atoms with Crippen molar-refractivity contribution in [3.05, 3.63) is 35.4 Å². The zero-order valence-electron chi connectivity index (χ0n) is 11.0. The van der Waals surface area contributed by atoms with E-state index < -0.39 is 0 Å². The van der Waals surface area contributed by atoms with Crippen LogP contribution in [-0.4, -0.2) is 31.7 Å². The van der Waals surface area contributed by atoms with Crippen LogP contribution in [0.5, 0.6) is 0 Å². The van der Waals surface area contributed by atoms with Crippen molar-refractivity contribution in [1.82, 2.24) is 4.90 Å². The minimum Gasteiger partial charge on any atom is -0.380 e. The quantitative estimate of drug-likeness (QED) is 0.702. The molecule has 1 aromatic carbocycles. The fourth-order valence-electron chi connectivity index (χ4n) is 1.75. The summed E-state index contributed by atoms with van der Waals surface area (Å²) in [6.45, 7) is 6.28. The van der Waals surface area contributed by atoms with Crippen molar-refractivity contribution in [3.8, 4) is 0 Å². The van der Waals surface area contributed by atoms with E-state index in [1.165, 1.54) is 11.1 Å². The van der Waals surface area contributed by atoms with Crippen LogP contribution in [0.15, 0.2) is 24.3 Å². The van der Waals surface area contributed by atoms with Crippen molar-refractivity contribution in [3.63, 3.8) is 0 Å². The highest BCUT2D eigenvalue weighted by molar-refractivity contribution is 5.26. The molecule has 2 N–H and O–H groups in total. The molecular formula is C14H24N2O. The fraction of sp³-hybridized carbons (Fsp3) is 0.571. The molecule has 1 aromatic rings. The van der Waals surface area contributed by atoms with Crippen LogP contribution in [-0.2, 0) is 17.8 Å². The van der Waals surface area contributed by atoms with Gasteiger partial charge in [-0.25, -0.2) is 0 Å². The first-order chi connectivity index (χ1) is 8.27. The van der Waals surface area contributed by atoms with Gasteiger partial charge in [-0.15, -0.1) is 0 Å². The van der Waals surface area contributed by atoms with Crippen LogP contribution < -0.4 is 5.73 Å². The maximum atomic E-state index is 5.72. The second kappa shape index (κ2) is 8.23. The van der Waals surface area contributed by atoms with Gasteiger partial charge in [-0.3, -0.25) is 4.90 Å². The lowest BCUT2D eigenvalue weighted by Crippen LogP contribution is -2.23. The number of likely N-dealkylation sites (N-methyl/N-ethyl adjacent to an activating group) is 1. The van der Waals surface area contributed by atoms with E-state index in [4.69, 9.17) is 10.5 Å². The van der Waals surface area contributed by atoms with Crippen LogP contribution in [0.25, 0.3) is 0 Å². The third-order valence-electron chi connectivity index (χ3n) is 2.74. The SMILES string of the molecule is CCCOCCN(C)Cc1ccccc1CN. The van der Waals surface area contributed by atoms with Crippen molar-refractivity contribution < 1.29 is 4.74 Å². The summed E-state index contributed by atoms with van der Waals surface area (Å²) in [4.78, 5) is 2.27. The van der Waals surface area contributed by atoms with E-state index in [1.807, 2.05) is 6.07 Å². The first kappa shape index (κ1) is 14.2. The third-order valence-corrected chi connectivity index (χ3v) is 2.74. The van der Waals surface area contributed by atoms with Crippen LogP contribution in [0.4, 0.5) is 0 Å². The normalized spacial score (nSPS) is 11.1. The Labute approximate surface area is 105 Å². The van der Waals surface area contributed by atoms with Crippen molar-refractivity contribution >= 4 is 0 Å². The Kier molecular flexibility index (Phi) is 6.86. The molecular weight excluding hydrogens is 212 g/mol. The van der Waals surface area contributed by atoms with Crippen LogP contribution in [0.3, 0.4) is 0 Å². The van der Waals surface area contributed by atoms with Gasteiger partial charge in [0.2, 0.25) is 0 Å². The molecule has 17 heavy (non-hydrogen) atoms. The van der Waals surface area contributed by atoms with Crippen LogP contribution >= 0.6 is 0 Å². The van der Waals surface area contributed by atoms with Gasteiger partial charge in [-0.2, -0.15) is 0 Å². The van der Waals surface area contributed by atoms with Crippen LogP contribution in [0.2, 0.25) is 0 Å². The van der Waals surface area contributed by atoms with Crippen LogP contribution in [0.1, 0.15) is 24.5 Å². The monoisotopic (exact) mass is 236 g/mol. The molecule has 0 aliphatic heterocycles. The van der Waals surface area contributed by atoms with E-state index >= 15 is 0 Å². The molecule has 0 amide bonds. The molecule has 1 rings (SSSR count). The highest BCUT2D eigenvalue weighted by atomic mass is 16.5. The zero-order valence-corrected chi connectivity index (χ0v) is 11.0. The van der Waals surface area contributed by atoms with E-state index in [1.54, 1.807) is 0 Å². The Morgan fingerprint density at radius 3 is 2.53 bits per heavy atom. The summed E-state index contributed by atoms with van der Waals surface area (Å²) in [5.74, 6) is 0. The molecule has 0 heterocycles. The molecule has 0 fully saturated rings. The molecule has 96 valence electrons. The molecule has 3 nitrogen and oxygen atoms in total. The largest absolute Gasteiger partial charge is 0.380 e. The van der Waals surface area contributed by atoms with Gasteiger partial charge in [0.1, 0.15) is 0 Å². The smallest absolute Gasteiger partial charge is 0.0593 e. The van der Waals surface area contributed by atoms with E-state index in [0.29, 0.717) is 6.54 Å². The number of nitrogens with zero attached hydrogens (tertiary/aromatic N) is 1. The van der Waals surface area contributed by atoms with Gasteiger partial charge in [0.25, 0.3) is 0 Å². The van der Waals surface area contributed by atoms with Gasteiger partial charge in [0, 0.05) is 26.2 Å². The highest BCUT2D eigenvalue weighted by Gasteiger charge is 2.03. The first-order valence-electron chi connectivity index (χ1n) is 6.31. The van der Waals surface area contributed by atoms with Gasteiger partial charge in [0.15, 0.2) is 0 Å². The molecule has 0 unspecified atom stereocenters. The maximum absolute atomic E-state index is 5.72. The number of hydrogen-bond acceptors (Lipinski definition) is 3. The van der Waals surface area contributed by atoms with Crippen molar-refractivity contribution in [2.45, 2.75) is 26.4 Å². The van der Waals surface area contributed by atoms with Crippen LogP contribution in [0, 0.1) is 0 Å². The topological polar surface area (TPSA) is 38.5 Å². The molecule has 0 aliphatic carbocycles. The number of benzene rings is 1. The minimum absolute atomic E-state index is 0.607. The molecule has 3 heteroatoms. The second-order valence-electron chi connectivity index (χ2n) is 4.32. The Balaban J connectivity index is 2.36. The lowest BCUT2D eigenvalue weighted by Gasteiger charge is -2.18. The Morgan fingerprint density at radius 2 is 1.88 bits per heavy atom. The van der Waals surface area contributed by atoms with Crippen molar-refractivity contribution in [2.75, 3.05) is 26.8 Å².